The number of nitrogens with zero attached hydrogens (tertiary/aromatic N) is 1. The van der Waals surface area contributed by atoms with E-state index >= 15 is 0 Å². The lowest BCUT2D eigenvalue weighted by Crippen LogP contribution is -2.12. The standard InChI is InChI=1S/C17H16N4O2S/c1-9-7-13(20-16(22)10-5-6-10)24-15(9)17(23)19-12-4-2-3-11-8-18-21-14(11)12/h2-4,7-8,10H,5-6H2,1H3,(H,18,21)(H,19,23)(H,20,22). The van der Waals surface area contributed by atoms with Gasteiger partial charge in [0, 0.05) is 11.3 Å². The molecule has 1 aliphatic carbocycles. The highest BCUT2D eigenvalue weighted by Crippen LogP contribution is 2.33. The van der Waals surface area contributed by atoms with Crippen molar-refractivity contribution in [2.24, 2.45) is 5.92 Å². The molecule has 0 saturated heterocycles. The van der Waals surface area contributed by atoms with Gasteiger partial charge in [0.05, 0.1) is 27.3 Å². The molecule has 3 aromatic rings. The first-order valence-corrected chi connectivity index (χ1v) is 8.58. The van der Waals surface area contributed by atoms with Gasteiger partial charge in [-0.3, -0.25) is 14.7 Å². The Labute approximate surface area is 142 Å². The van der Waals surface area contributed by atoms with E-state index < -0.39 is 0 Å². The summed E-state index contributed by atoms with van der Waals surface area (Å²) >= 11 is 1.30. The maximum atomic E-state index is 12.6. The zero-order valence-corrected chi connectivity index (χ0v) is 13.9. The van der Waals surface area contributed by atoms with Crippen molar-refractivity contribution < 1.29 is 9.59 Å². The minimum absolute atomic E-state index is 0.0467. The molecule has 0 radical (unpaired) electrons. The first-order chi connectivity index (χ1) is 11.6. The van der Waals surface area contributed by atoms with Crippen LogP contribution in [0.2, 0.25) is 0 Å². The number of aromatic nitrogens is 2. The third kappa shape index (κ3) is 2.78. The molecule has 3 N–H and O–H groups in total. The van der Waals surface area contributed by atoms with E-state index in [0.717, 1.165) is 29.3 Å². The Hall–Kier alpha value is -2.67. The number of hydrogen-bond donors (Lipinski definition) is 3. The summed E-state index contributed by atoms with van der Waals surface area (Å²) in [5, 5.41) is 14.4. The molecule has 0 bridgehead atoms. The third-order valence-corrected chi connectivity index (χ3v) is 5.19. The van der Waals surface area contributed by atoms with Gasteiger partial charge in [-0.25, -0.2) is 0 Å². The molecule has 0 aliphatic heterocycles. The Kier molecular flexibility index (Phi) is 3.57. The number of rotatable bonds is 4. The molecule has 1 fully saturated rings. The molecule has 0 unspecified atom stereocenters. The summed E-state index contributed by atoms with van der Waals surface area (Å²) in [6.07, 6.45) is 3.63. The maximum absolute atomic E-state index is 12.6. The molecule has 2 amide bonds. The highest BCUT2D eigenvalue weighted by Gasteiger charge is 2.30. The molecule has 1 aromatic carbocycles. The average Bonchev–Trinajstić information content (AvgIpc) is 3.18. The van der Waals surface area contributed by atoms with Crippen LogP contribution in [0.3, 0.4) is 0 Å². The van der Waals surface area contributed by atoms with Crippen LogP contribution in [0.5, 0.6) is 0 Å². The molecule has 0 atom stereocenters. The highest BCUT2D eigenvalue weighted by atomic mass is 32.1. The third-order valence-electron chi connectivity index (χ3n) is 4.04. The van der Waals surface area contributed by atoms with E-state index in [9.17, 15) is 9.59 Å². The molecule has 122 valence electrons. The van der Waals surface area contributed by atoms with Gasteiger partial charge in [-0.2, -0.15) is 5.10 Å². The van der Waals surface area contributed by atoms with E-state index in [-0.39, 0.29) is 17.7 Å². The molecule has 2 aromatic heterocycles. The summed E-state index contributed by atoms with van der Waals surface area (Å²) in [6, 6.07) is 7.47. The zero-order valence-electron chi connectivity index (χ0n) is 13.1. The van der Waals surface area contributed by atoms with Gasteiger partial charge in [-0.1, -0.05) is 12.1 Å². The molecule has 4 rings (SSSR count). The number of aryl methyl sites for hydroxylation is 1. The lowest BCUT2D eigenvalue weighted by molar-refractivity contribution is -0.117. The summed E-state index contributed by atoms with van der Waals surface area (Å²) in [6.45, 7) is 1.87. The van der Waals surface area contributed by atoms with Gasteiger partial charge >= 0.3 is 0 Å². The average molecular weight is 340 g/mol. The van der Waals surface area contributed by atoms with E-state index in [1.165, 1.54) is 11.3 Å². The van der Waals surface area contributed by atoms with Gasteiger partial charge in [0.15, 0.2) is 0 Å². The van der Waals surface area contributed by atoms with Gasteiger partial charge in [-0.15, -0.1) is 11.3 Å². The number of carbonyl (C=O) groups excluding carboxylic acids is 2. The second-order valence-electron chi connectivity index (χ2n) is 5.98. The summed E-state index contributed by atoms with van der Waals surface area (Å²) in [4.78, 5) is 25.1. The van der Waals surface area contributed by atoms with Crippen molar-refractivity contribution in [3.8, 4) is 0 Å². The summed E-state index contributed by atoms with van der Waals surface area (Å²) < 4.78 is 0. The van der Waals surface area contributed by atoms with Crippen molar-refractivity contribution in [3.05, 3.63) is 40.9 Å². The summed E-state index contributed by atoms with van der Waals surface area (Å²) in [5.41, 5.74) is 2.33. The van der Waals surface area contributed by atoms with E-state index in [1.807, 2.05) is 31.2 Å². The van der Waals surface area contributed by atoms with Crippen LogP contribution >= 0.6 is 11.3 Å². The number of thiophene rings is 1. The molecule has 24 heavy (non-hydrogen) atoms. The maximum Gasteiger partial charge on any atom is 0.266 e. The van der Waals surface area contributed by atoms with Gasteiger partial charge in [0.25, 0.3) is 5.91 Å². The van der Waals surface area contributed by atoms with E-state index in [1.54, 1.807) is 6.20 Å². The van der Waals surface area contributed by atoms with Crippen molar-refractivity contribution in [2.45, 2.75) is 19.8 Å². The van der Waals surface area contributed by atoms with Crippen LogP contribution in [-0.2, 0) is 4.79 Å². The number of anilines is 2. The predicted octanol–water partition coefficient (Wildman–Crippen LogP) is 3.53. The van der Waals surface area contributed by atoms with Crippen molar-refractivity contribution in [3.63, 3.8) is 0 Å². The fourth-order valence-electron chi connectivity index (χ4n) is 2.59. The van der Waals surface area contributed by atoms with Crippen LogP contribution in [0.4, 0.5) is 10.7 Å². The monoisotopic (exact) mass is 340 g/mol. The second kappa shape index (κ2) is 5.76. The minimum atomic E-state index is -0.188. The second-order valence-corrected chi connectivity index (χ2v) is 7.03. The Morgan fingerprint density at radius 2 is 2.12 bits per heavy atom. The molecule has 0 spiro atoms. The highest BCUT2D eigenvalue weighted by molar-refractivity contribution is 7.18. The van der Waals surface area contributed by atoms with Gasteiger partial charge in [-0.05, 0) is 37.5 Å². The molecule has 2 heterocycles. The number of amides is 2. The van der Waals surface area contributed by atoms with E-state index in [0.29, 0.717) is 15.6 Å². The number of para-hydroxylation sites is 1. The van der Waals surface area contributed by atoms with Crippen LogP contribution in [0.25, 0.3) is 10.9 Å². The Morgan fingerprint density at radius 1 is 1.29 bits per heavy atom. The largest absolute Gasteiger partial charge is 0.319 e. The number of aromatic amines is 1. The summed E-state index contributed by atoms with van der Waals surface area (Å²) in [5.74, 6) is -0.000352. The number of H-pyrrole nitrogens is 1. The fourth-order valence-corrected chi connectivity index (χ4v) is 3.56. The van der Waals surface area contributed by atoms with Gasteiger partial charge < -0.3 is 10.6 Å². The number of nitrogens with one attached hydrogen (secondary N) is 3. The normalized spacial score (nSPS) is 13.9. The molecule has 6 nitrogen and oxygen atoms in total. The Bertz CT molecular complexity index is 939. The Morgan fingerprint density at radius 3 is 2.92 bits per heavy atom. The van der Waals surface area contributed by atoms with Crippen molar-refractivity contribution >= 4 is 44.7 Å². The van der Waals surface area contributed by atoms with E-state index in [2.05, 4.69) is 20.8 Å². The first-order valence-electron chi connectivity index (χ1n) is 7.76. The SMILES string of the molecule is Cc1cc(NC(=O)C2CC2)sc1C(=O)Nc1cccc2cn[nH]c12. The number of fused-ring (bicyclic) bond motifs is 1. The fraction of sp³-hybridized carbons (Fsp3) is 0.235. The molecular weight excluding hydrogens is 324 g/mol. The first kappa shape index (κ1) is 14.9. The van der Waals surface area contributed by atoms with Crippen LogP contribution in [0.15, 0.2) is 30.5 Å². The van der Waals surface area contributed by atoms with Crippen molar-refractivity contribution in [1.82, 2.24) is 10.2 Å². The predicted molar refractivity (Wildman–Crippen MR) is 94.5 cm³/mol. The lowest BCUT2D eigenvalue weighted by atomic mass is 10.2. The van der Waals surface area contributed by atoms with Crippen LogP contribution < -0.4 is 10.6 Å². The van der Waals surface area contributed by atoms with Crippen LogP contribution in [0.1, 0.15) is 28.1 Å². The number of carbonyl (C=O) groups is 2. The number of hydrogen-bond acceptors (Lipinski definition) is 4. The van der Waals surface area contributed by atoms with Crippen LogP contribution in [0, 0.1) is 12.8 Å². The van der Waals surface area contributed by atoms with E-state index in [4.69, 9.17) is 0 Å². The van der Waals surface area contributed by atoms with Gasteiger partial charge in [0.1, 0.15) is 0 Å². The zero-order chi connectivity index (χ0) is 16.7. The van der Waals surface area contributed by atoms with Gasteiger partial charge in [0.2, 0.25) is 5.91 Å². The topological polar surface area (TPSA) is 86.9 Å². The number of benzene rings is 1. The van der Waals surface area contributed by atoms with Crippen molar-refractivity contribution in [1.29, 1.82) is 0 Å². The molecule has 1 saturated carbocycles. The molecule has 1 aliphatic rings. The summed E-state index contributed by atoms with van der Waals surface area (Å²) in [7, 11) is 0. The minimum Gasteiger partial charge on any atom is -0.319 e. The quantitative estimate of drug-likeness (QED) is 0.679. The Balaban J connectivity index is 1.54. The van der Waals surface area contributed by atoms with Crippen molar-refractivity contribution in [2.75, 3.05) is 10.6 Å². The molecular formula is C17H16N4O2S. The smallest absolute Gasteiger partial charge is 0.266 e. The van der Waals surface area contributed by atoms with Crippen LogP contribution in [-0.4, -0.2) is 22.0 Å². The molecule has 7 heteroatoms. The lowest BCUT2D eigenvalue weighted by Gasteiger charge is -2.05.